The molecule has 3 heteroatoms. The highest BCUT2D eigenvalue weighted by atomic mass is 16.5. The fourth-order valence-corrected chi connectivity index (χ4v) is 0.925. The van der Waals surface area contributed by atoms with Gasteiger partial charge in [0.2, 0.25) is 0 Å². The Morgan fingerprint density at radius 3 is 3.08 bits per heavy atom. The van der Waals surface area contributed by atoms with Crippen molar-refractivity contribution in [3.8, 4) is 0 Å². The van der Waals surface area contributed by atoms with Crippen LogP contribution in [0.25, 0.3) is 0 Å². The Morgan fingerprint density at radius 1 is 1.69 bits per heavy atom. The number of aromatic nitrogens is 1. The summed E-state index contributed by atoms with van der Waals surface area (Å²) >= 11 is 0. The molecule has 1 rings (SSSR count). The maximum Gasteiger partial charge on any atom is 0.129 e. The van der Waals surface area contributed by atoms with Crippen molar-refractivity contribution in [2.24, 2.45) is 0 Å². The normalized spacial score (nSPS) is 9.38. The molecule has 13 heavy (non-hydrogen) atoms. The third-order valence-corrected chi connectivity index (χ3v) is 1.75. The highest BCUT2D eigenvalue weighted by molar-refractivity contribution is 5.43. The molecule has 1 aromatic rings. The second kappa shape index (κ2) is 4.50. The smallest absolute Gasteiger partial charge is 0.129 e. The van der Waals surface area contributed by atoms with Crippen LogP contribution in [0.2, 0.25) is 0 Å². The molecule has 0 spiro atoms. The van der Waals surface area contributed by atoms with Crippen LogP contribution in [0.15, 0.2) is 30.7 Å². The average molecular weight is 178 g/mol. The fraction of sp³-hybridized carbons (Fsp3) is 0.300. The number of nitrogens with zero attached hydrogens (tertiary/aromatic N) is 1. The van der Waals surface area contributed by atoms with Crippen LogP contribution in [0.3, 0.4) is 0 Å². The molecule has 0 saturated heterocycles. The van der Waals surface area contributed by atoms with Gasteiger partial charge in [0.05, 0.1) is 13.7 Å². The largest absolute Gasteiger partial charge is 0.500 e. The third-order valence-electron chi connectivity index (χ3n) is 1.75. The van der Waals surface area contributed by atoms with Crippen LogP contribution in [-0.4, -0.2) is 18.6 Å². The van der Waals surface area contributed by atoms with E-state index in [-0.39, 0.29) is 0 Å². The summed E-state index contributed by atoms with van der Waals surface area (Å²) in [5.74, 6) is 1.57. The van der Waals surface area contributed by atoms with Crippen molar-refractivity contribution < 1.29 is 4.74 Å². The molecule has 0 bridgehead atoms. The Bertz CT molecular complexity index is 297. The Kier molecular flexibility index (Phi) is 3.31. The lowest BCUT2D eigenvalue weighted by molar-refractivity contribution is 0.291. The molecular formula is C10H14N2O. The average Bonchev–Trinajstić information content (AvgIpc) is 2.16. The molecule has 0 aliphatic carbocycles. The van der Waals surface area contributed by atoms with E-state index >= 15 is 0 Å². The zero-order chi connectivity index (χ0) is 9.68. The van der Waals surface area contributed by atoms with Crippen molar-refractivity contribution in [1.29, 1.82) is 0 Å². The molecule has 0 radical (unpaired) electrons. The molecular weight excluding hydrogens is 164 g/mol. The SMILES string of the molecule is C=C(CNc1ncccc1C)OC. The second-order valence-electron chi connectivity index (χ2n) is 2.77. The zero-order valence-corrected chi connectivity index (χ0v) is 8.00. The van der Waals surface area contributed by atoms with Gasteiger partial charge in [0.25, 0.3) is 0 Å². The van der Waals surface area contributed by atoms with Gasteiger partial charge in [-0.25, -0.2) is 4.98 Å². The van der Waals surface area contributed by atoms with Crippen molar-refractivity contribution in [3.05, 3.63) is 36.2 Å². The van der Waals surface area contributed by atoms with Crippen LogP contribution >= 0.6 is 0 Å². The minimum atomic E-state index is 0.592. The first-order valence-electron chi connectivity index (χ1n) is 4.11. The summed E-state index contributed by atoms with van der Waals surface area (Å²) in [4.78, 5) is 4.18. The second-order valence-corrected chi connectivity index (χ2v) is 2.77. The van der Waals surface area contributed by atoms with Crippen LogP contribution in [0.1, 0.15) is 5.56 Å². The summed E-state index contributed by atoms with van der Waals surface area (Å²) in [5.41, 5.74) is 1.12. The number of aryl methyl sites for hydroxylation is 1. The van der Waals surface area contributed by atoms with E-state index < -0.39 is 0 Å². The zero-order valence-electron chi connectivity index (χ0n) is 8.00. The number of rotatable bonds is 4. The van der Waals surface area contributed by atoms with Gasteiger partial charge in [0.1, 0.15) is 11.6 Å². The molecule has 70 valence electrons. The number of hydrogen-bond acceptors (Lipinski definition) is 3. The minimum absolute atomic E-state index is 0.592. The summed E-state index contributed by atoms with van der Waals surface area (Å²) < 4.78 is 4.93. The highest BCUT2D eigenvalue weighted by Crippen LogP contribution is 2.09. The van der Waals surface area contributed by atoms with E-state index in [0.717, 1.165) is 11.4 Å². The minimum Gasteiger partial charge on any atom is -0.500 e. The summed E-state index contributed by atoms with van der Waals surface area (Å²) in [5, 5.41) is 3.13. The molecule has 0 fully saturated rings. The van der Waals surface area contributed by atoms with Crippen molar-refractivity contribution in [2.75, 3.05) is 19.0 Å². The van der Waals surface area contributed by atoms with Gasteiger partial charge in [-0.2, -0.15) is 0 Å². The van der Waals surface area contributed by atoms with Gasteiger partial charge in [-0.3, -0.25) is 0 Å². The van der Waals surface area contributed by atoms with Gasteiger partial charge in [-0.1, -0.05) is 12.6 Å². The molecule has 0 aromatic carbocycles. The number of pyridine rings is 1. The maximum absolute atomic E-state index is 4.93. The van der Waals surface area contributed by atoms with E-state index in [1.165, 1.54) is 0 Å². The molecule has 1 aromatic heterocycles. The van der Waals surface area contributed by atoms with E-state index in [1.807, 2.05) is 19.1 Å². The van der Waals surface area contributed by atoms with Gasteiger partial charge in [0, 0.05) is 6.20 Å². The van der Waals surface area contributed by atoms with Gasteiger partial charge < -0.3 is 10.1 Å². The molecule has 0 atom stereocenters. The Balaban J connectivity index is 2.54. The molecule has 0 saturated carbocycles. The lowest BCUT2D eigenvalue weighted by Crippen LogP contribution is -2.07. The van der Waals surface area contributed by atoms with Crippen LogP contribution in [-0.2, 0) is 4.74 Å². The van der Waals surface area contributed by atoms with E-state index in [9.17, 15) is 0 Å². The topological polar surface area (TPSA) is 34.2 Å². The number of anilines is 1. The Hall–Kier alpha value is -1.51. The quantitative estimate of drug-likeness (QED) is 0.716. The van der Waals surface area contributed by atoms with Gasteiger partial charge in [0.15, 0.2) is 0 Å². The first kappa shape index (κ1) is 9.58. The van der Waals surface area contributed by atoms with Crippen LogP contribution in [0.4, 0.5) is 5.82 Å². The molecule has 0 amide bonds. The molecule has 0 aliphatic heterocycles. The predicted octanol–water partition coefficient (Wildman–Crippen LogP) is 1.96. The summed E-state index contributed by atoms with van der Waals surface area (Å²) in [6.07, 6.45) is 1.75. The van der Waals surface area contributed by atoms with E-state index in [2.05, 4.69) is 16.9 Å². The first-order valence-corrected chi connectivity index (χ1v) is 4.11. The van der Waals surface area contributed by atoms with Crippen molar-refractivity contribution in [1.82, 2.24) is 4.98 Å². The van der Waals surface area contributed by atoms with E-state index in [1.54, 1.807) is 13.3 Å². The summed E-state index contributed by atoms with van der Waals surface area (Å²) in [6, 6.07) is 3.91. The van der Waals surface area contributed by atoms with Gasteiger partial charge in [-0.05, 0) is 18.6 Å². The lowest BCUT2D eigenvalue weighted by Gasteiger charge is -2.08. The number of methoxy groups -OCH3 is 1. The number of hydrogen-bond donors (Lipinski definition) is 1. The van der Waals surface area contributed by atoms with Crippen molar-refractivity contribution in [3.63, 3.8) is 0 Å². The van der Waals surface area contributed by atoms with Gasteiger partial charge in [-0.15, -0.1) is 0 Å². The monoisotopic (exact) mass is 178 g/mol. The van der Waals surface area contributed by atoms with Crippen LogP contribution < -0.4 is 5.32 Å². The Morgan fingerprint density at radius 2 is 2.46 bits per heavy atom. The predicted molar refractivity (Wildman–Crippen MR) is 53.6 cm³/mol. The number of nitrogens with one attached hydrogen (secondary N) is 1. The highest BCUT2D eigenvalue weighted by Gasteiger charge is 1.97. The van der Waals surface area contributed by atoms with Crippen molar-refractivity contribution in [2.45, 2.75) is 6.92 Å². The summed E-state index contributed by atoms with van der Waals surface area (Å²) in [7, 11) is 1.61. The maximum atomic E-state index is 4.93. The van der Waals surface area contributed by atoms with Gasteiger partial charge >= 0.3 is 0 Å². The van der Waals surface area contributed by atoms with Crippen molar-refractivity contribution >= 4 is 5.82 Å². The molecule has 0 unspecified atom stereocenters. The molecule has 0 aliphatic rings. The van der Waals surface area contributed by atoms with Crippen LogP contribution in [0.5, 0.6) is 0 Å². The Labute approximate surface area is 78.4 Å². The fourth-order valence-electron chi connectivity index (χ4n) is 0.925. The molecule has 1 N–H and O–H groups in total. The van der Waals surface area contributed by atoms with E-state index in [4.69, 9.17) is 4.74 Å². The number of ether oxygens (including phenoxy) is 1. The van der Waals surface area contributed by atoms with Crippen LogP contribution in [0, 0.1) is 6.92 Å². The molecule has 1 heterocycles. The van der Waals surface area contributed by atoms with E-state index in [0.29, 0.717) is 12.3 Å². The summed E-state index contributed by atoms with van der Waals surface area (Å²) in [6.45, 7) is 6.30. The third kappa shape index (κ3) is 2.78. The molecule has 3 nitrogen and oxygen atoms in total. The lowest BCUT2D eigenvalue weighted by atomic mass is 10.3. The standard InChI is InChI=1S/C10H14N2O/c1-8-5-4-6-11-10(8)12-7-9(2)13-3/h4-6H,2,7H2,1,3H3,(H,11,12). The first-order chi connectivity index (χ1) is 6.24.